The fourth-order valence-electron chi connectivity index (χ4n) is 1.05. The van der Waals surface area contributed by atoms with Crippen LogP contribution in [-0.4, -0.2) is 4.98 Å². The average molecular weight is 319 g/mol. The summed E-state index contributed by atoms with van der Waals surface area (Å²) in [5.74, 6) is 0. The van der Waals surface area contributed by atoms with Gasteiger partial charge in [-0.25, -0.2) is 5.39 Å². The van der Waals surface area contributed by atoms with Gasteiger partial charge in [-0.05, 0) is 12.5 Å². The molecule has 13 heavy (non-hydrogen) atoms. The third-order valence-corrected chi connectivity index (χ3v) is 1.59. The molecule has 0 bridgehead atoms. The molecule has 60 valence electrons. The third kappa shape index (κ3) is 3.47. The van der Waals surface area contributed by atoms with Crippen LogP contribution in [0.3, 0.4) is 0 Å². The zero-order chi connectivity index (χ0) is 7.68. The number of hydrogen-bond acceptors (Lipinski definition) is 1. The molecule has 0 atom stereocenters. The summed E-state index contributed by atoms with van der Waals surface area (Å²) in [6, 6.07) is 11.7. The maximum Gasteiger partial charge on any atom is 0.00218 e. The monoisotopic (exact) mass is 319 g/mol. The van der Waals surface area contributed by atoms with E-state index >= 15 is 0 Å². The standard InChI is InChI=1S/C10H7N.2Y/c1-8-6-9-4-2-3-5-10(9)11-7-8;;/h2,5-7H,1H3;;/q-2;;. The van der Waals surface area contributed by atoms with Crippen molar-refractivity contribution >= 4 is 10.9 Å². The first kappa shape index (κ1) is 13.8. The molecular weight excluding hydrogens is 312 g/mol. The van der Waals surface area contributed by atoms with Gasteiger partial charge in [0, 0.05) is 71.6 Å². The molecule has 0 spiro atoms. The molecule has 1 aromatic heterocycles. The molecule has 1 aromatic carbocycles. The summed E-state index contributed by atoms with van der Waals surface area (Å²) in [5, 5.41) is 1.06. The number of benzene rings is 1. The number of nitrogens with zero attached hydrogens (tertiary/aromatic N) is 1. The summed E-state index contributed by atoms with van der Waals surface area (Å²) in [7, 11) is 0. The van der Waals surface area contributed by atoms with Gasteiger partial charge in [-0.3, -0.25) is 6.07 Å². The molecule has 2 rings (SSSR count). The van der Waals surface area contributed by atoms with E-state index < -0.39 is 0 Å². The summed E-state index contributed by atoms with van der Waals surface area (Å²) in [6.07, 6.45) is 1.85. The Bertz CT molecular complexity index is 387. The summed E-state index contributed by atoms with van der Waals surface area (Å²) >= 11 is 0. The SMILES string of the molecule is Cc1cnc2c[c-]c[c-]c2c1.[Y].[Y]. The van der Waals surface area contributed by atoms with Crippen LogP contribution in [0.15, 0.2) is 24.4 Å². The van der Waals surface area contributed by atoms with Gasteiger partial charge in [0.2, 0.25) is 0 Å². The summed E-state index contributed by atoms with van der Waals surface area (Å²) in [6.45, 7) is 2.02. The van der Waals surface area contributed by atoms with Crippen molar-refractivity contribution in [3.05, 3.63) is 42.1 Å². The summed E-state index contributed by atoms with van der Waals surface area (Å²) in [4.78, 5) is 4.22. The van der Waals surface area contributed by atoms with Crippen LogP contribution in [0.2, 0.25) is 0 Å². The van der Waals surface area contributed by atoms with Crippen LogP contribution < -0.4 is 0 Å². The Morgan fingerprint density at radius 1 is 1.31 bits per heavy atom. The van der Waals surface area contributed by atoms with E-state index in [1.54, 1.807) is 6.07 Å². The molecule has 3 heteroatoms. The topological polar surface area (TPSA) is 12.9 Å². The number of fused-ring (bicyclic) bond motifs is 1. The minimum absolute atomic E-state index is 0. The van der Waals surface area contributed by atoms with Crippen LogP contribution in [0.1, 0.15) is 5.56 Å². The predicted molar refractivity (Wildman–Crippen MR) is 44.2 cm³/mol. The second kappa shape index (κ2) is 6.35. The van der Waals surface area contributed by atoms with Crippen LogP contribution >= 0.6 is 0 Å². The van der Waals surface area contributed by atoms with Gasteiger partial charge < -0.3 is 23.2 Å². The molecule has 0 N–H and O–H groups in total. The molecule has 0 saturated carbocycles. The van der Waals surface area contributed by atoms with Crippen molar-refractivity contribution in [2.45, 2.75) is 6.92 Å². The van der Waals surface area contributed by atoms with Crippen LogP contribution in [0.4, 0.5) is 0 Å². The minimum atomic E-state index is 0. The maximum absolute atomic E-state index is 4.22. The van der Waals surface area contributed by atoms with Gasteiger partial charge in [0.1, 0.15) is 0 Å². The Kier molecular flexibility index (Phi) is 6.75. The molecule has 1 heterocycles. The first-order chi connectivity index (χ1) is 5.36. The van der Waals surface area contributed by atoms with Crippen molar-refractivity contribution in [2.24, 2.45) is 0 Å². The Labute approximate surface area is 128 Å². The number of pyridine rings is 1. The van der Waals surface area contributed by atoms with Gasteiger partial charge in [0.25, 0.3) is 0 Å². The Morgan fingerprint density at radius 2 is 2.08 bits per heavy atom. The van der Waals surface area contributed by atoms with E-state index in [0.717, 1.165) is 10.9 Å². The van der Waals surface area contributed by atoms with Crippen molar-refractivity contribution < 1.29 is 65.4 Å². The molecule has 1 nitrogen and oxygen atoms in total. The van der Waals surface area contributed by atoms with Crippen molar-refractivity contribution in [3.8, 4) is 0 Å². The van der Waals surface area contributed by atoms with Gasteiger partial charge >= 0.3 is 0 Å². The maximum atomic E-state index is 4.22. The second-order valence-electron chi connectivity index (χ2n) is 2.55. The fraction of sp³-hybridized carbons (Fsp3) is 0.100. The third-order valence-electron chi connectivity index (χ3n) is 1.59. The molecule has 0 amide bonds. The van der Waals surface area contributed by atoms with Crippen molar-refractivity contribution in [1.82, 2.24) is 4.98 Å². The Hall–Kier alpha value is 0.838. The fourth-order valence-corrected chi connectivity index (χ4v) is 1.05. The summed E-state index contributed by atoms with van der Waals surface area (Å²) < 4.78 is 0. The molecule has 0 unspecified atom stereocenters. The van der Waals surface area contributed by atoms with Crippen LogP contribution in [0, 0.1) is 19.1 Å². The van der Waals surface area contributed by atoms with E-state index in [0.29, 0.717) is 0 Å². The van der Waals surface area contributed by atoms with Gasteiger partial charge in [-0.1, -0.05) is 6.07 Å². The van der Waals surface area contributed by atoms with E-state index in [4.69, 9.17) is 0 Å². The number of rotatable bonds is 0. The molecular formula is C10H7NY2-2. The second-order valence-corrected chi connectivity index (χ2v) is 2.55. The number of aromatic nitrogens is 1. The summed E-state index contributed by atoms with van der Waals surface area (Å²) in [5.41, 5.74) is 2.12. The number of hydrogen-bond donors (Lipinski definition) is 0. The van der Waals surface area contributed by atoms with Gasteiger partial charge in [-0.2, -0.15) is 5.52 Å². The Morgan fingerprint density at radius 3 is 2.85 bits per heavy atom. The normalized spacial score (nSPS) is 8.69. The van der Waals surface area contributed by atoms with Crippen molar-refractivity contribution in [3.63, 3.8) is 0 Å². The first-order valence-electron chi connectivity index (χ1n) is 3.50. The minimum Gasteiger partial charge on any atom is -0.384 e. The van der Waals surface area contributed by atoms with E-state index in [9.17, 15) is 0 Å². The first-order valence-corrected chi connectivity index (χ1v) is 3.50. The van der Waals surface area contributed by atoms with E-state index in [1.165, 1.54) is 5.56 Å². The molecule has 0 aliphatic rings. The van der Waals surface area contributed by atoms with E-state index in [-0.39, 0.29) is 65.4 Å². The molecule has 0 saturated heterocycles. The molecule has 2 radical (unpaired) electrons. The van der Waals surface area contributed by atoms with Crippen LogP contribution in [0.25, 0.3) is 10.9 Å². The van der Waals surface area contributed by atoms with Gasteiger partial charge in [0.15, 0.2) is 0 Å². The Balaban J connectivity index is 0.000000720. The molecule has 0 aliphatic heterocycles. The zero-order valence-electron chi connectivity index (χ0n) is 7.41. The average Bonchev–Trinajstić information content (AvgIpc) is 2.04. The van der Waals surface area contributed by atoms with E-state index in [1.807, 2.05) is 19.2 Å². The van der Waals surface area contributed by atoms with Crippen LogP contribution in [-0.2, 0) is 65.4 Å². The molecule has 2 aromatic rings. The van der Waals surface area contributed by atoms with Crippen molar-refractivity contribution in [2.75, 3.05) is 0 Å². The van der Waals surface area contributed by atoms with Gasteiger partial charge in [-0.15, -0.1) is 0 Å². The molecule has 0 aliphatic carbocycles. The largest absolute Gasteiger partial charge is 0.384 e. The van der Waals surface area contributed by atoms with Gasteiger partial charge in [0.05, 0.1) is 0 Å². The smallest absolute Gasteiger partial charge is 0.00218 e. The molecule has 0 fully saturated rings. The van der Waals surface area contributed by atoms with Crippen LogP contribution in [0.5, 0.6) is 0 Å². The quantitative estimate of drug-likeness (QED) is 0.678. The van der Waals surface area contributed by atoms with E-state index in [2.05, 4.69) is 23.2 Å². The predicted octanol–water partition coefficient (Wildman–Crippen LogP) is 2.14. The zero-order valence-corrected chi connectivity index (χ0v) is 13.1. The number of aryl methyl sites for hydroxylation is 1. The van der Waals surface area contributed by atoms with Crippen molar-refractivity contribution in [1.29, 1.82) is 0 Å².